The van der Waals surface area contributed by atoms with Gasteiger partial charge in [-0.15, -0.1) is 0 Å². The molecule has 0 aromatic heterocycles. The first kappa shape index (κ1) is 59.3. The minimum Gasteiger partial charge on any atom is -0.416 e. The maximum atomic E-state index is 8.07. The Morgan fingerprint density at radius 1 is 0.309 bits per heavy atom. The summed E-state index contributed by atoms with van der Waals surface area (Å²) >= 11 is 0. The summed E-state index contributed by atoms with van der Waals surface area (Å²) in [6.07, 6.45) is 5.20. The first-order valence-electron chi connectivity index (χ1n) is 27.5. The van der Waals surface area contributed by atoms with Crippen LogP contribution in [0.1, 0.15) is 66.7 Å². The van der Waals surface area contributed by atoms with E-state index >= 15 is 0 Å². The molecule has 16 nitrogen and oxygen atoms in total. The number of nitrogens with one attached hydrogen (secondary N) is 5. The maximum Gasteiger partial charge on any atom is 0.325 e. The normalized spacial score (nSPS) is 27.2. The van der Waals surface area contributed by atoms with Gasteiger partial charge in [-0.2, -0.15) is 0 Å². The van der Waals surface area contributed by atoms with E-state index in [-0.39, 0.29) is 0 Å². The molecule has 68 heavy (non-hydrogen) atoms. The number of hydrogen-bond donors (Lipinski definition) is 5. The first-order valence-corrected chi connectivity index (χ1v) is 40.2. The minimum absolute atomic E-state index is 0.425. The molecule has 5 saturated heterocycles. The lowest BCUT2D eigenvalue weighted by Crippen LogP contribution is -2.63. The van der Waals surface area contributed by atoms with E-state index in [2.05, 4.69) is 118 Å². The Kier molecular flexibility index (Phi) is 25.2. The molecule has 0 spiro atoms. The van der Waals surface area contributed by atoms with Gasteiger partial charge in [0.1, 0.15) is 0 Å². The Morgan fingerprint density at radius 2 is 0.471 bits per heavy atom. The number of hydrogen-bond acceptors (Lipinski definition) is 16. The van der Waals surface area contributed by atoms with Gasteiger partial charge < -0.3 is 51.9 Å². The molecule has 5 rings (SSSR count). The molecule has 9 atom stereocenters. The second-order valence-electron chi connectivity index (χ2n) is 22.4. The predicted octanol–water partition coefficient (Wildman–Crippen LogP) is 4.12. The molecule has 0 aromatic carbocycles. The van der Waals surface area contributed by atoms with E-state index in [0.717, 1.165) is 193 Å². The van der Waals surface area contributed by atoms with Crippen LogP contribution < -0.4 is 26.6 Å². The van der Waals surface area contributed by atoms with Crippen LogP contribution in [0.4, 0.5) is 0 Å². The van der Waals surface area contributed by atoms with Crippen LogP contribution in [0.3, 0.4) is 0 Å². The van der Waals surface area contributed by atoms with Crippen molar-refractivity contribution in [2.75, 3.05) is 145 Å². The van der Waals surface area contributed by atoms with Crippen molar-refractivity contribution in [3.63, 3.8) is 0 Å². The Labute approximate surface area is 422 Å². The quantitative estimate of drug-likeness (QED) is 0.0661. The molecule has 0 saturated carbocycles. The molecule has 400 valence electrons. The third kappa shape index (κ3) is 19.6. The highest BCUT2D eigenvalue weighted by molar-refractivity contribution is 6.90. The monoisotopic (exact) mass is 1050 g/mol. The van der Waals surface area contributed by atoms with Gasteiger partial charge in [-0.3, -0.25) is 24.5 Å². The lowest BCUT2D eigenvalue weighted by atomic mass is 10.2. The van der Waals surface area contributed by atoms with Crippen molar-refractivity contribution in [1.82, 2.24) is 51.1 Å². The molecule has 0 aromatic rings. The topological polar surface area (TPSA) is 132 Å². The summed E-state index contributed by atoms with van der Waals surface area (Å²) < 4.78 is 44.9. The molecule has 5 aliphatic rings. The summed E-state index contributed by atoms with van der Waals surface area (Å²) in [5.74, 6) is 0. The van der Waals surface area contributed by atoms with Gasteiger partial charge in [-0.1, -0.05) is 0 Å². The fourth-order valence-corrected chi connectivity index (χ4v) is 36.8. The first-order chi connectivity index (χ1) is 32.4. The molecule has 5 fully saturated rings. The smallest absolute Gasteiger partial charge is 0.325 e. The maximum absolute atomic E-state index is 8.07. The molecule has 0 amide bonds. The van der Waals surface area contributed by atoms with Crippen molar-refractivity contribution < 1.29 is 25.3 Å². The van der Waals surface area contributed by atoms with Gasteiger partial charge in [0.2, 0.25) is 0 Å². The second kappa shape index (κ2) is 28.9. The standard InChI is InChI=1S/C47H106N10O6Si5/c1-43(53-28-18-48-19-29-53)13-38-64(8,58-6)60-66(10,40-15-45(3)55-32-22-50-23-33-55)62-68(12,42-17-47(5)57-36-26-52-27-37-57)63-67(11,41-16-46(4)56-34-24-51-25-35-56)61-65(9,59-7)39-14-44(2)54-30-20-49-21-31-54/h43-52H,13-42H2,1-12H3. The van der Waals surface area contributed by atoms with Crippen LogP contribution in [0.15, 0.2) is 0 Å². The zero-order valence-corrected chi connectivity index (χ0v) is 50.8. The van der Waals surface area contributed by atoms with Gasteiger partial charge in [0.05, 0.1) is 0 Å². The van der Waals surface area contributed by atoms with Crippen molar-refractivity contribution >= 4 is 42.8 Å². The van der Waals surface area contributed by atoms with E-state index in [4.69, 9.17) is 25.3 Å². The molecule has 5 N–H and O–H groups in total. The average Bonchev–Trinajstić information content (AvgIpc) is 3.36. The van der Waals surface area contributed by atoms with Gasteiger partial charge in [0.15, 0.2) is 0 Å². The van der Waals surface area contributed by atoms with E-state index in [1.807, 2.05) is 14.2 Å². The van der Waals surface area contributed by atoms with Crippen molar-refractivity contribution in [3.8, 4) is 0 Å². The van der Waals surface area contributed by atoms with E-state index in [0.29, 0.717) is 30.2 Å². The summed E-state index contributed by atoms with van der Waals surface area (Å²) in [7, 11) is -10.6. The molecule has 0 radical (unpaired) electrons. The Balaban J connectivity index is 1.47. The van der Waals surface area contributed by atoms with Crippen LogP contribution in [0.25, 0.3) is 0 Å². The summed E-state index contributed by atoms with van der Waals surface area (Å²) in [6.45, 7) is 45.2. The van der Waals surface area contributed by atoms with E-state index in [9.17, 15) is 0 Å². The van der Waals surface area contributed by atoms with Crippen molar-refractivity contribution in [2.45, 2.75) is 160 Å². The largest absolute Gasteiger partial charge is 0.416 e. The van der Waals surface area contributed by atoms with Crippen molar-refractivity contribution in [3.05, 3.63) is 0 Å². The van der Waals surface area contributed by atoms with Crippen LogP contribution in [-0.4, -0.2) is 243 Å². The summed E-state index contributed by atoms with van der Waals surface area (Å²) in [6, 6.07) is 6.85. The van der Waals surface area contributed by atoms with Gasteiger partial charge in [-0.05, 0) is 130 Å². The fourth-order valence-electron chi connectivity index (χ4n) is 11.5. The minimum atomic E-state index is -3.05. The van der Waals surface area contributed by atoms with Crippen LogP contribution in [0.5, 0.6) is 0 Å². The Morgan fingerprint density at radius 3 is 0.647 bits per heavy atom. The highest BCUT2D eigenvalue weighted by Gasteiger charge is 2.53. The van der Waals surface area contributed by atoms with Gasteiger partial charge in [-0.25, -0.2) is 0 Å². The van der Waals surface area contributed by atoms with Crippen molar-refractivity contribution in [1.29, 1.82) is 0 Å². The van der Waals surface area contributed by atoms with E-state index in [1.165, 1.54) is 0 Å². The predicted molar refractivity (Wildman–Crippen MR) is 293 cm³/mol. The lowest BCUT2D eigenvalue weighted by molar-refractivity contribution is 0.167. The molecular formula is C47H106N10O6Si5. The zero-order chi connectivity index (χ0) is 49.3. The van der Waals surface area contributed by atoms with Crippen molar-refractivity contribution in [2.24, 2.45) is 0 Å². The summed E-state index contributed by atoms with van der Waals surface area (Å²) in [5.41, 5.74) is 0. The Bertz CT molecular complexity index is 1320. The van der Waals surface area contributed by atoms with Crippen LogP contribution in [-0.2, 0) is 25.3 Å². The molecule has 5 heterocycles. The summed E-state index contributed by atoms with van der Waals surface area (Å²) in [4.78, 5) is 13.3. The fraction of sp³-hybridized carbons (Fsp3) is 1.00. The van der Waals surface area contributed by atoms with Gasteiger partial charge >= 0.3 is 42.8 Å². The van der Waals surface area contributed by atoms with Crippen LogP contribution >= 0.6 is 0 Å². The zero-order valence-electron chi connectivity index (χ0n) is 45.8. The number of nitrogens with zero attached hydrogens (tertiary/aromatic N) is 5. The van der Waals surface area contributed by atoms with Crippen LogP contribution in [0.2, 0.25) is 63.0 Å². The van der Waals surface area contributed by atoms with E-state index in [1.54, 1.807) is 0 Å². The molecule has 0 aliphatic carbocycles. The molecule has 21 heteroatoms. The third-order valence-corrected chi connectivity index (χ3v) is 38.1. The van der Waals surface area contributed by atoms with Crippen LogP contribution in [0, 0.1) is 0 Å². The third-order valence-electron chi connectivity index (χ3n) is 16.5. The summed E-state index contributed by atoms with van der Waals surface area (Å²) in [5, 5.41) is 17.8. The van der Waals surface area contributed by atoms with Gasteiger partial charge in [0, 0.05) is 175 Å². The molecule has 9 unspecified atom stereocenters. The molecule has 0 bridgehead atoms. The average molecular weight is 1050 g/mol. The highest BCUT2D eigenvalue weighted by atomic mass is 28.5. The Hall–Kier alpha value is 0.444. The second-order valence-corrected chi connectivity index (χ2v) is 40.3. The van der Waals surface area contributed by atoms with E-state index < -0.39 is 42.8 Å². The van der Waals surface area contributed by atoms with Gasteiger partial charge in [0.25, 0.3) is 0 Å². The molecule has 5 aliphatic heterocycles. The number of rotatable bonds is 30. The lowest BCUT2D eigenvalue weighted by Gasteiger charge is -2.47. The SMILES string of the molecule is CO[Si](C)(CCC(C)N1CCNCC1)O[Si](C)(CCC(C)N1CCNCC1)O[Si](C)(CCC(C)N1CCNCC1)O[Si](C)(CCC(C)N1CCNCC1)O[Si](C)(CCC(C)N1CCNCC1)OC. The molecular weight excluding hydrogens is 941 g/mol. The number of piperazine rings is 5. The highest BCUT2D eigenvalue weighted by Crippen LogP contribution is 2.37.